The van der Waals surface area contributed by atoms with Gasteiger partial charge in [0.15, 0.2) is 4.67 Å². The van der Waals surface area contributed by atoms with E-state index in [-0.39, 0.29) is 15.0 Å². The quantitative estimate of drug-likeness (QED) is 0.731. The maximum atomic E-state index is 12.4. The van der Waals surface area contributed by atoms with Crippen molar-refractivity contribution in [3.05, 3.63) is 16.5 Å². The molecule has 7 heteroatoms. The lowest BCUT2D eigenvalue weighted by molar-refractivity contribution is 0.431. The highest BCUT2D eigenvalue weighted by atomic mass is 79.9. The van der Waals surface area contributed by atoms with Crippen molar-refractivity contribution in [1.82, 2.24) is 10.0 Å². The van der Waals surface area contributed by atoms with E-state index in [1.807, 2.05) is 6.92 Å². The van der Waals surface area contributed by atoms with Crippen molar-refractivity contribution in [2.75, 3.05) is 13.1 Å². The molecule has 0 atom stereocenters. The number of nitrogens with one attached hydrogen (secondary N) is 2. The van der Waals surface area contributed by atoms with E-state index < -0.39 is 10.0 Å². The SMILES string of the molecule is CCNCc1cc(S(=O)(=O)NCC2(C3CC3)CC2)c(Br)o1. The van der Waals surface area contributed by atoms with Gasteiger partial charge in [-0.2, -0.15) is 0 Å². The van der Waals surface area contributed by atoms with Crippen molar-refractivity contribution >= 4 is 26.0 Å². The second kappa shape index (κ2) is 5.68. The molecule has 1 aromatic heterocycles. The molecule has 2 aliphatic carbocycles. The van der Waals surface area contributed by atoms with Crippen molar-refractivity contribution in [3.63, 3.8) is 0 Å². The highest BCUT2D eigenvalue weighted by Gasteiger charge is 2.53. The van der Waals surface area contributed by atoms with Gasteiger partial charge in [-0.25, -0.2) is 13.1 Å². The Kier molecular flexibility index (Phi) is 4.20. The zero-order valence-electron chi connectivity index (χ0n) is 12.1. The number of furan rings is 1. The standard InChI is InChI=1S/C14H21BrN2O3S/c1-2-16-8-11-7-12(13(15)20-11)21(18,19)17-9-14(5-6-14)10-3-4-10/h7,10,16-17H,2-6,8-9H2,1H3. The van der Waals surface area contributed by atoms with Crippen LogP contribution in [0.3, 0.4) is 0 Å². The molecule has 5 nitrogen and oxygen atoms in total. The highest BCUT2D eigenvalue weighted by Crippen LogP contribution is 2.60. The molecule has 1 heterocycles. The van der Waals surface area contributed by atoms with Crippen molar-refractivity contribution in [3.8, 4) is 0 Å². The number of hydrogen-bond donors (Lipinski definition) is 2. The highest BCUT2D eigenvalue weighted by molar-refractivity contribution is 9.10. The van der Waals surface area contributed by atoms with Crippen LogP contribution < -0.4 is 10.0 Å². The minimum absolute atomic E-state index is 0.196. The molecule has 118 valence electrons. The fourth-order valence-corrected chi connectivity index (χ4v) is 4.95. The first-order chi connectivity index (χ1) is 9.97. The summed E-state index contributed by atoms with van der Waals surface area (Å²) in [7, 11) is -3.51. The van der Waals surface area contributed by atoms with Crippen molar-refractivity contribution in [2.24, 2.45) is 11.3 Å². The van der Waals surface area contributed by atoms with E-state index in [4.69, 9.17) is 4.42 Å². The predicted octanol–water partition coefficient (Wildman–Crippen LogP) is 2.62. The van der Waals surface area contributed by atoms with Crippen LogP contribution in [-0.4, -0.2) is 21.5 Å². The molecule has 1 aromatic rings. The summed E-state index contributed by atoms with van der Waals surface area (Å²) in [6.45, 7) is 3.88. The molecule has 3 rings (SSSR count). The Morgan fingerprint density at radius 1 is 1.43 bits per heavy atom. The van der Waals surface area contributed by atoms with Crippen LogP contribution in [0.4, 0.5) is 0 Å². The summed E-state index contributed by atoms with van der Waals surface area (Å²) in [5.41, 5.74) is 0.246. The van der Waals surface area contributed by atoms with Gasteiger partial charge in [-0.05, 0) is 59.5 Å². The molecule has 0 bridgehead atoms. The van der Waals surface area contributed by atoms with E-state index in [1.165, 1.54) is 12.8 Å². The minimum atomic E-state index is -3.51. The lowest BCUT2D eigenvalue weighted by Crippen LogP contribution is -2.31. The summed E-state index contributed by atoms with van der Waals surface area (Å²) in [6, 6.07) is 1.59. The Morgan fingerprint density at radius 2 is 2.14 bits per heavy atom. The van der Waals surface area contributed by atoms with E-state index in [9.17, 15) is 8.42 Å². The van der Waals surface area contributed by atoms with Crippen molar-refractivity contribution < 1.29 is 12.8 Å². The molecule has 0 aromatic carbocycles. The molecular formula is C14H21BrN2O3S. The van der Waals surface area contributed by atoms with Gasteiger partial charge in [0.2, 0.25) is 10.0 Å². The van der Waals surface area contributed by atoms with Gasteiger partial charge < -0.3 is 9.73 Å². The Morgan fingerprint density at radius 3 is 2.71 bits per heavy atom. The normalized spacial score (nSPS) is 20.7. The fourth-order valence-electron chi connectivity index (χ4n) is 2.82. The van der Waals surface area contributed by atoms with E-state index in [0.29, 0.717) is 18.8 Å². The fraction of sp³-hybridized carbons (Fsp3) is 0.714. The van der Waals surface area contributed by atoms with Gasteiger partial charge in [0.1, 0.15) is 10.7 Å². The van der Waals surface area contributed by atoms with E-state index >= 15 is 0 Å². The van der Waals surface area contributed by atoms with Gasteiger partial charge in [0, 0.05) is 12.6 Å². The van der Waals surface area contributed by atoms with E-state index in [2.05, 4.69) is 26.0 Å². The average Bonchev–Trinajstić information content (AvgIpc) is 3.32. The molecule has 2 saturated carbocycles. The molecule has 0 aliphatic heterocycles. The second-order valence-electron chi connectivity index (χ2n) is 6.09. The Hall–Kier alpha value is -0.370. The molecule has 21 heavy (non-hydrogen) atoms. The number of rotatable bonds is 8. The molecule has 0 saturated heterocycles. The molecule has 0 unspecified atom stereocenters. The van der Waals surface area contributed by atoms with Gasteiger partial charge in [0.25, 0.3) is 0 Å². The van der Waals surface area contributed by atoms with Crippen LogP contribution in [0.15, 0.2) is 20.0 Å². The van der Waals surface area contributed by atoms with Crippen LogP contribution >= 0.6 is 15.9 Å². The predicted molar refractivity (Wildman–Crippen MR) is 83.4 cm³/mol. The van der Waals surface area contributed by atoms with Gasteiger partial charge in [-0.3, -0.25) is 0 Å². The third kappa shape index (κ3) is 3.36. The number of sulfonamides is 1. The van der Waals surface area contributed by atoms with Crippen LogP contribution in [0.5, 0.6) is 0 Å². The van der Waals surface area contributed by atoms with Gasteiger partial charge in [-0.15, -0.1) is 0 Å². The second-order valence-corrected chi connectivity index (χ2v) is 8.55. The first kappa shape index (κ1) is 15.5. The third-order valence-electron chi connectivity index (χ3n) is 4.50. The summed E-state index contributed by atoms with van der Waals surface area (Å²) in [5.74, 6) is 1.35. The van der Waals surface area contributed by atoms with Gasteiger partial charge >= 0.3 is 0 Å². The first-order valence-electron chi connectivity index (χ1n) is 7.45. The summed E-state index contributed by atoms with van der Waals surface area (Å²) in [5, 5.41) is 3.12. The lowest BCUT2D eigenvalue weighted by Gasteiger charge is -2.14. The largest absolute Gasteiger partial charge is 0.452 e. The zero-order valence-corrected chi connectivity index (χ0v) is 14.5. The molecule has 2 fully saturated rings. The monoisotopic (exact) mass is 376 g/mol. The average molecular weight is 377 g/mol. The molecule has 2 N–H and O–H groups in total. The Bertz CT molecular complexity index is 618. The molecule has 0 spiro atoms. The van der Waals surface area contributed by atoms with E-state index in [0.717, 1.165) is 25.3 Å². The van der Waals surface area contributed by atoms with Crippen LogP contribution in [0.2, 0.25) is 0 Å². The smallest absolute Gasteiger partial charge is 0.244 e. The van der Waals surface area contributed by atoms with E-state index in [1.54, 1.807) is 6.07 Å². The summed E-state index contributed by atoms with van der Waals surface area (Å²) >= 11 is 3.21. The first-order valence-corrected chi connectivity index (χ1v) is 9.73. The summed E-state index contributed by atoms with van der Waals surface area (Å²) in [6.07, 6.45) is 4.81. The van der Waals surface area contributed by atoms with Gasteiger partial charge in [0.05, 0.1) is 6.54 Å². The van der Waals surface area contributed by atoms with Crippen molar-refractivity contribution in [1.29, 1.82) is 0 Å². The van der Waals surface area contributed by atoms with Crippen LogP contribution in [-0.2, 0) is 16.6 Å². The maximum Gasteiger partial charge on any atom is 0.244 e. The molecular weight excluding hydrogens is 356 g/mol. The van der Waals surface area contributed by atoms with Crippen LogP contribution in [0.1, 0.15) is 38.4 Å². The number of halogens is 1. The Labute approximate surface area is 134 Å². The summed E-state index contributed by atoms with van der Waals surface area (Å²) in [4.78, 5) is 0.196. The minimum Gasteiger partial charge on any atom is -0.452 e. The molecule has 2 aliphatic rings. The third-order valence-corrected chi connectivity index (χ3v) is 6.75. The topological polar surface area (TPSA) is 71.3 Å². The lowest BCUT2D eigenvalue weighted by atomic mass is 10.0. The van der Waals surface area contributed by atoms with Crippen molar-refractivity contribution in [2.45, 2.75) is 44.0 Å². The van der Waals surface area contributed by atoms with Gasteiger partial charge in [-0.1, -0.05) is 6.92 Å². The molecule has 0 radical (unpaired) electrons. The maximum absolute atomic E-state index is 12.4. The zero-order chi connectivity index (χ0) is 15.1. The van der Waals surface area contributed by atoms with Crippen LogP contribution in [0, 0.1) is 11.3 Å². The number of hydrogen-bond acceptors (Lipinski definition) is 4. The molecule has 0 amide bonds. The summed E-state index contributed by atoms with van der Waals surface area (Å²) < 4.78 is 33.4. The van der Waals surface area contributed by atoms with Crippen LogP contribution in [0.25, 0.3) is 0 Å². The Balaban J connectivity index is 1.67.